The molecule has 0 saturated carbocycles. The molecule has 0 bridgehead atoms. The largest absolute Gasteiger partial charge is 0.497 e. The van der Waals surface area contributed by atoms with Crippen molar-refractivity contribution in [3.63, 3.8) is 0 Å². The summed E-state index contributed by atoms with van der Waals surface area (Å²) in [5, 5.41) is 0. The van der Waals surface area contributed by atoms with Crippen LogP contribution in [0.3, 0.4) is 0 Å². The number of carbonyl (C=O) groups excluding carboxylic acids is 2. The van der Waals surface area contributed by atoms with Crippen LogP contribution in [0.5, 0.6) is 5.75 Å². The number of benzene rings is 1. The van der Waals surface area contributed by atoms with E-state index in [4.69, 9.17) is 9.47 Å². The Morgan fingerprint density at radius 1 is 1.31 bits per heavy atom. The minimum Gasteiger partial charge on any atom is -0.497 e. The van der Waals surface area contributed by atoms with Gasteiger partial charge in [-0.2, -0.15) is 13.2 Å². The molecule has 26 heavy (non-hydrogen) atoms. The quantitative estimate of drug-likeness (QED) is 0.457. The van der Waals surface area contributed by atoms with Crippen molar-refractivity contribution in [1.82, 2.24) is 4.90 Å². The van der Waals surface area contributed by atoms with E-state index in [-0.39, 0.29) is 18.7 Å². The van der Waals surface area contributed by atoms with Gasteiger partial charge in [-0.3, -0.25) is 9.59 Å². The van der Waals surface area contributed by atoms with E-state index >= 15 is 0 Å². The molecule has 9 heteroatoms. The molecule has 0 N–H and O–H groups in total. The van der Waals surface area contributed by atoms with Crippen molar-refractivity contribution in [3.8, 4) is 5.75 Å². The Kier molecular flexibility index (Phi) is 8.13. The van der Waals surface area contributed by atoms with Gasteiger partial charge >= 0.3 is 12.1 Å². The molecule has 0 unspecified atom stereocenters. The van der Waals surface area contributed by atoms with Crippen LogP contribution in [0.1, 0.15) is 18.9 Å². The fourth-order valence-electron chi connectivity index (χ4n) is 2.11. The van der Waals surface area contributed by atoms with Crippen molar-refractivity contribution in [2.45, 2.75) is 26.1 Å². The maximum absolute atomic E-state index is 12.9. The van der Waals surface area contributed by atoms with Crippen LogP contribution in [0.4, 0.5) is 13.2 Å². The molecule has 1 amide bonds. The Hall–Kier alpha value is -2.03. The van der Waals surface area contributed by atoms with Crippen molar-refractivity contribution >= 4 is 27.8 Å². The summed E-state index contributed by atoms with van der Waals surface area (Å²) in [4.78, 5) is 24.4. The minimum absolute atomic E-state index is 0.101. The van der Waals surface area contributed by atoms with Gasteiger partial charge in [-0.05, 0) is 30.7 Å². The Bertz CT molecular complexity index is 676. The standard InChI is InChI=1S/C17H19BrF3NO4/c1-4-26-15(23)7-11(2)16(24)22(10-17(19,20)21)9-12-8-13(25-3)5-6-14(12)18/h5-6,8H,2,4,7,9-10H2,1,3H3. The lowest BCUT2D eigenvalue weighted by atomic mass is 10.1. The fourth-order valence-corrected chi connectivity index (χ4v) is 2.48. The molecule has 0 radical (unpaired) electrons. The second kappa shape index (κ2) is 9.61. The Labute approximate surface area is 157 Å². The molecule has 0 aliphatic rings. The maximum atomic E-state index is 12.9. The zero-order chi connectivity index (χ0) is 19.9. The minimum atomic E-state index is -4.61. The van der Waals surface area contributed by atoms with Crippen molar-refractivity contribution in [1.29, 1.82) is 0 Å². The smallest absolute Gasteiger partial charge is 0.406 e. The molecular formula is C17H19BrF3NO4. The maximum Gasteiger partial charge on any atom is 0.406 e. The van der Waals surface area contributed by atoms with E-state index in [2.05, 4.69) is 22.5 Å². The van der Waals surface area contributed by atoms with Crippen LogP contribution in [-0.4, -0.2) is 43.2 Å². The number of hydrogen-bond acceptors (Lipinski definition) is 4. The van der Waals surface area contributed by atoms with E-state index in [1.165, 1.54) is 13.2 Å². The predicted octanol–water partition coefficient (Wildman–Crippen LogP) is 3.86. The number of alkyl halides is 3. The van der Waals surface area contributed by atoms with Gasteiger partial charge < -0.3 is 14.4 Å². The van der Waals surface area contributed by atoms with E-state index in [1.807, 2.05) is 0 Å². The molecule has 1 rings (SSSR count). The first kappa shape index (κ1) is 22.0. The molecule has 0 fully saturated rings. The van der Waals surface area contributed by atoms with Crippen molar-refractivity contribution in [2.75, 3.05) is 20.3 Å². The van der Waals surface area contributed by atoms with Gasteiger partial charge in [-0.1, -0.05) is 22.5 Å². The van der Waals surface area contributed by atoms with Crippen LogP contribution in [0, 0.1) is 0 Å². The van der Waals surface area contributed by atoms with Crippen molar-refractivity contribution in [2.24, 2.45) is 0 Å². The Balaban J connectivity index is 3.03. The normalized spacial score (nSPS) is 11.0. The molecule has 144 valence electrons. The summed E-state index contributed by atoms with van der Waals surface area (Å²) >= 11 is 3.24. The zero-order valence-electron chi connectivity index (χ0n) is 14.4. The molecular weight excluding hydrogens is 419 g/mol. The van der Waals surface area contributed by atoms with Gasteiger partial charge in [0.05, 0.1) is 20.1 Å². The zero-order valence-corrected chi connectivity index (χ0v) is 15.9. The Morgan fingerprint density at radius 3 is 2.50 bits per heavy atom. The molecule has 1 aromatic rings. The van der Waals surface area contributed by atoms with Gasteiger partial charge in [0.1, 0.15) is 12.3 Å². The van der Waals surface area contributed by atoms with Crippen molar-refractivity contribution < 1.29 is 32.2 Å². The van der Waals surface area contributed by atoms with Gasteiger partial charge in [0.2, 0.25) is 5.91 Å². The van der Waals surface area contributed by atoms with Crippen LogP contribution in [0.15, 0.2) is 34.8 Å². The van der Waals surface area contributed by atoms with E-state index in [0.717, 1.165) is 0 Å². The molecule has 0 aliphatic heterocycles. The highest BCUT2D eigenvalue weighted by atomic mass is 79.9. The fraction of sp³-hybridized carbons (Fsp3) is 0.412. The third-order valence-corrected chi connectivity index (χ3v) is 4.01. The second-order valence-corrected chi connectivity index (χ2v) is 6.17. The monoisotopic (exact) mass is 437 g/mol. The van der Waals surface area contributed by atoms with Crippen LogP contribution < -0.4 is 4.74 Å². The average Bonchev–Trinajstić information content (AvgIpc) is 2.54. The number of esters is 1. The highest BCUT2D eigenvalue weighted by Crippen LogP contribution is 2.26. The number of amides is 1. The number of halogens is 4. The van der Waals surface area contributed by atoms with E-state index in [9.17, 15) is 22.8 Å². The lowest BCUT2D eigenvalue weighted by molar-refractivity contribution is -0.160. The van der Waals surface area contributed by atoms with Gasteiger partial charge in [-0.25, -0.2) is 0 Å². The van der Waals surface area contributed by atoms with Crippen LogP contribution in [0.2, 0.25) is 0 Å². The number of rotatable bonds is 8. The SMILES string of the molecule is C=C(CC(=O)OCC)C(=O)N(Cc1cc(OC)ccc1Br)CC(F)(F)F. The van der Waals surface area contributed by atoms with Gasteiger partial charge in [0.15, 0.2) is 0 Å². The number of nitrogens with zero attached hydrogens (tertiary/aromatic N) is 1. The summed E-state index contributed by atoms with van der Waals surface area (Å²) in [5.41, 5.74) is 0.151. The Morgan fingerprint density at radius 2 is 1.96 bits per heavy atom. The summed E-state index contributed by atoms with van der Waals surface area (Å²) in [5.74, 6) is -1.25. The molecule has 1 aromatic carbocycles. The van der Waals surface area contributed by atoms with Crippen LogP contribution in [0.25, 0.3) is 0 Å². The highest BCUT2D eigenvalue weighted by Gasteiger charge is 2.34. The highest BCUT2D eigenvalue weighted by molar-refractivity contribution is 9.10. The van der Waals surface area contributed by atoms with E-state index in [1.54, 1.807) is 19.1 Å². The van der Waals surface area contributed by atoms with Crippen molar-refractivity contribution in [3.05, 3.63) is 40.4 Å². The number of carbonyl (C=O) groups is 2. The summed E-state index contributed by atoms with van der Waals surface area (Å²) in [6.07, 6.45) is -5.08. The second-order valence-electron chi connectivity index (χ2n) is 5.32. The van der Waals surface area contributed by atoms with E-state index < -0.39 is 31.0 Å². The van der Waals surface area contributed by atoms with Crippen LogP contribution >= 0.6 is 15.9 Å². The number of hydrogen-bond donors (Lipinski definition) is 0. The predicted molar refractivity (Wildman–Crippen MR) is 92.6 cm³/mol. The van der Waals surface area contributed by atoms with E-state index in [0.29, 0.717) is 20.7 Å². The first-order valence-electron chi connectivity index (χ1n) is 7.59. The summed E-state index contributed by atoms with van der Waals surface area (Å²) in [7, 11) is 1.42. The summed E-state index contributed by atoms with van der Waals surface area (Å²) in [6.45, 7) is 3.30. The molecule has 0 spiro atoms. The first-order chi connectivity index (χ1) is 12.1. The number of methoxy groups -OCH3 is 1. The van der Waals surface area contributed by atoms with Gasteiger partial charge in [0, 0.05) is 16.6 Å². The first-order valence-corrected chi connectivity index (χ1v) is 8.38. The molecule has 0 saturated heterocycles. The molecule has 0 heterocycles. The average molecular weight is 438 g/mol. The molecule has 5 nitrogen and oxygen atoms in total. The third-order valence-electron chi connectivity index (χ3n) is 3.24. The van der Waals surface area contributed by atoms with Gasteiger partial charge in [0.25, 0.3) is 0 Å². The summed E-state index contributed by atoms with van der Waals surface area (Å²) < 4.78 is 49.0. The number of ether oxygens (including phenoxy) is 2. The van der Waals surface area contributed by atoms with Gasteiger partial charge in [-0.15, -0.1) is 0 Å². The topological polar surface area (TPSA) is 55.8 Å². The lowest BCUT2D eigenvalue weighted by Gasteiger charge is -2.25. The third kappa shape index (κ3) is 7.07. The summed E-state index contributed by atoms with van der Waals surface area (Å²) in [6, 6.07) is 4.76. The molecule has 0 atom stereocenters. The van der Waals surface area contributed by atoms with Crippen LogP contribution in [-0.2, 0) is 20.9 Å². The molecule has 0 aliphatic carbocycles. The molecule has 0 aromatic heterocycles. The lowest BCUT2D eigenvalue weighted by Crippen LogP contribution is -2.39.